The van der Waals surface area contributed by atoms with E-state index in [1.165, 1.54) is 36.4 Å². The minimum Gasteiger partial charge on any atom is -0.462 e. The number of hydrogen-bond acceptors (Lipinski definition) is 10. The zero-order valence-corrected chi connectivity index (χ0v) is 18.7. The van der Waals surface area contributed by atoms with E-state index < -0.39 is 30.8 Å². The Morgan fingerprint density at radius 1 is 0.829 bits per heavy atom. The van der Waals surface area contributed by atoms with Crippen LogP contribution < -0.4 is 9.47 Å². The second-order valence-electron chi connectivity index (χ2n) is 6.89. The number of nitrogens with zero attached hydrogens (tertiary/aromatic N) is 3. The van der Waals surface area contributed by atoms with E-state index in [1.54, 1.807) is 36.4 Å². The fourth-order valence-electron chi connectivity index (χ4n) is 2.75. The Morgan fingerprint density at radius 2 is 1.40 bits per heavy atom. The molecule has 0 N–H and O–H groups in total. The number of unbranched alkanes of at least 4 members (excludes halogenated alkanes) is 1. The van der Waals surface area contributed by atoms with Gasteiger partial charge in [-0.25, -0.2) is 33.9 Å². The molecule has 0 saturated heterocycles. The maximum atomic E-state index is 12.6. The molecule has 0 saturated carbocycles. The van der Waals surface area contributed by atoms with Crippen molar-refractivity contribution in [3.8, 4) is 11.5 Å². The van der Waals surface area contributed by atoms with Crippen LogP contribution in [0.5, 0.6) is 11.5 Å². The summed E-state index contributed by atoms with van der Waals surface area (Å²) >= 11 is 0. The van der Waals surface area contributed by atoms with Gasteiger partial charge in [-0.2, -0.15) is 4.99 Å². The first-order valence-corrected chi connectivity index (χ1v) is 10.6. The number of carbonyl (C=O) groups excluding carboxylic acids is 5. The summed E-state index contributed by atoms with van der Waals surface area (Å²) < 4.78 is 15.5. The lowest BCUT2D eigenvalue weighted by Crippen LogP contribution is -2.43. The van der Waals surface area contributed by atoms with Crippen LogP contribution in [0.4, 0.5) is 9.59 Å². The minimum absolute atomic E-state index is 0.165. The van der Waals surface area contributed by atoms with Crippen molar-refractivity contribution in [2.45, 2.75) is 25.3 Å². The molecule has 0 spiro atoms. The zero-order chi connectivity index (χ0) is 25.3. The summed E-state index contributed by atoms with van der Waals surface area (Å²) in [4.78, 5) is 65.8. The molecule has 0 heterocycles. The topological polar surface area (TPSA) is 141 Å². The van der Waals surface area contributed by atoms with Crippen molar-refractivity contribution < 1.29 is 38.2 Å². The molecule has 182 valence electrons. The summed E-state index contributed by atoms with van der Waals surface area (Å²) in [6, 6.07) is 15.1. The number of carbonyl (C=O) groups is 3. The smallest absolute Gasteiger partial charge is 0.424 e. The molecule has 0 aliphatic heterocycles. The summed E-state index contributed by atoms with van der Waals surface area (Å²) in [5, 5.41) is 0. The van der Waals surface area contributed by atoms with Crippen LogP contribution >= 0.6 is 0 Å². The average Bonchev–Trinajstić information content (AvgIpc) is 2.86. The Kier molecular flexibility index (Phi) is 11.6. The fourth-order valence-corrected chi connectivity index (χ4v) is 2.75. The molecule has 0 aliphatic carbocycles. The van der Waals surface area contributed by atoms with Gasteiger partial charge in [-0.15, -0.1) is 0 Å². The molecular weight excluding hydrogens is 458 g/mol. The molecule has 0 bridgehead atoms. The number of benzene rings is 2. The predicted molar refractivity (Wildman–Crippen MR) is 121 cm³/mol. The molecule has 1 atom stereocenters. The van der Waals surface area contributed by atoms with Crippen molar-refractivity contribution in [1.82, 2.24) is 4.90 Å². The van der Waals surface area contributed by atoms with Crippen LogP contribution in [0.2, 0.25) is 0 Å². The second-order valence-corrected chi connectivity index (χ2v) is 6.89. The van der Waals surface area contributed by atoms with Gasteiger partial charge >= 0.3 is 18.2 Å². The fraction of sp³-hybridized carbons (Fsp3) is 0.292. The lowest BCUT2D eigenvalue weighted by Gasteiger charge is -2.20. The molecule has 0 aliphatic rings. The van der Waals surface area contributed by atoms with Gasteiger partial charge in [0.05, 0.1) is 13.1 Å². The van der Waals surface area contributed by atoms with Crippen LogP contribution in [0.15, 0.2) is 70.6 Å². The van der Waals surface area contributed by atoms with Gasteiger partial charge < -0.3 is 14.2 Å². The number of isocyanates is 2. The van der Waals surface area contributed by atoms with Gasteiger partial charge in [0.25, 0.3) is 0 Å². The Labute approximate surface area is 201 Å². The van der Waals surface area contributed by atoms with Gasteiger partial charge in [0.1, 0.15) is 18.1 Å². The first-order valence-electron chi connectivity index (χ1n) is 10.6. The zero-order valence-electron chi connectivity index (χ0n) is 18.7. The van der Waals surface area contributed by atoms with E-state index in [1.807, 2.05) is 0 Å². The molecular formula is C24H23N3O8. The molecule has 2 aromatic rings. The highest BCUT2D eigenvalue weighted by molar-refractivity contribution is 5.90. The third kappa shape index (κ3) is 9.83. The Balaban J connectivity index is 1.99. The van der Waals surface area contributed by atoms with Crippen molar-refractivity contribution in [3.05, 3.63) is 60.7 Å². The highest BCUT2D eigenvalue weighted by Crippen LogP contribution is 2.14. The second kappa shape index (κ2) is 15.3. The summed E-state index contributed by atoms with van der Waals surface area (Å²) in [6.07, 6.45) is 1.75. The van der Waals surface area contributed by atoms with Crippen molar-refractivity contribution in [3.63, 3.8) is 0 Å². The summed E-state index contributed by atoms with van der Waals surface area (Å²) in [7, 11) is 0. The van der Waals surface area contributed by atoms with E-state index >= 15 is 0 Å². The summed E-state index contributed by atoms with van der Waals surface area (Å²) in [5.41, 5.74) is 0. The molecule has 11 nitrogen and oxygen atoms in total. The van der Waals surface area contributed by atoms with E-state index in [9.17, 15) is 24.0 Å². The van der Waals surface area contributed by atoms with E-state index in [0.717, 1.165) is 0 Å². The highest BCUT2D eigenvalue weighted by atomic mass is 16.6. The maximum Gasteiger partial charge on any atom is 0.424 e. The molecule has 11 heteroatoms. The Hall–Kier alpha value is -4.59. The molecule has 1 unspecified atom stereocenters. The lowest BCUT2D eigenvalue weighted by molar-refractivity contribution is -0.145. The van der Waals surface area contributed by atoms with Crippen LogP contribution in [0.3, 0.4) is 0 Å². The SMILES string of the molecule is O=C=NCCCCC(N=C=O)C(=O)OCCN(C(=O)Oc1ccccc1)C(=O)Oc1ccccc1. The first kappa shape index (κ1) is 26.7. The number of rotatable bonds is 12. The van der Waals surface area contributed by atoms with Gasteiger partial charge in [0.2, 0.25) is 12.2 Å². The Bertz CT molecular complexity index is 1010. The molecule has 0 radical (unpaired) electrons. The number of esters is 1. The number of imide groups is 1. The van der Waals surface area contributed by atoms with E-state index in [0.29, 0.717) is 17.7 Å². The molecule has 0 aromatic heterocycles. The van der Waals surface area contributed by atoms with Crippen LogP contribution in [0.25, 0.3) is 0 Å². The highest BCUT2D eigenvalue weighted by Gasteiger charge is 2.27. The van der Waals surface area contributed by atoms with Crippen molar-refractivity contribution in [2.24, 2.45) is 9.98 Å². The number of hydrogen-bond donors (Lipinski definition) is 0. The van der Waals surface area contributed by atoms with E-state index in [-0.39, 0.29) is 31.0 Å². The Morgan fingerprint density at radius 3 is 1.91 bits per heavy atom. The van der Waals surface area contributed by atoms with Gasteiger partial charge in [-0.1, -0.05) is 36.4 Å². The van der Waals surface area contributed by atoms with Crippen molar-refractivity contribution in [2.75, 3.05) is 19.7 Å². The molecule has 2 rings (SSSR count). The number of ether oxygens (including phenoxy) is 3. The number of aliphatic imine (C=N–C) groups is 2. The molecule has 35 heavy (non-hydrogen) atoms. The van der Waals surface area contributed by atoms with Gasteiger partial charge in [-0.3, -0.25) is 0 Å². The monoisotopic (exact) mass is 481 g/mol. The third-order valence-electron chi connectivity index (χ3n) is 4.44. The van der Waals surface area contributed by atoms with Gasteiger partial charge in [0, 0.05) is 0 Å². The third-order valence-corrected chi connectivity index (χ3v) is 4.44. The normalized spacial score (nSPS) is 10.6. The quantitative estimate of drug-likeness (QED) is 0.194. The largest absolute Gasteiger partial charge is 0.462 e. The van der Waals surface area contributed by atoms with Crippen LogP contribution in [-0.2, 0) is 19.1 Å². The van der Waals surface area contributed by atoms with E-state index in [2.05, 4.69) is 9.98 Å². The summed E-state index contributed by atoms with van der Waals surface area (Å²) in [6.45, 7) is -0.542. The van der Waals surface area contributed by atoms with Crippen molar-refractivity contribution in [1.29, 1.82) is 0 Å². The van der Waals surface area contributed by atoms with Crippen LogP contribution in [-0.4, -0.2) is 61.0 Å². The standard InChI is InChI=1S/C24H23N3O8/c28-17-25-14-8-7-13-21(26-18-29)22(30)33-16-15-27(23(31)34-19-9-3-1-4-10-19)24(32)35-20-11-5-2-6-12-20/h1-6,9-12,21H,7-8,13-16H2. The van der Waals surface area contributed by atoms with Gasteiger partial charge in [-0.05, 0) is 43.5 Å². The van der Waals surface area contributed by atoms with Crippen LogP contribution in [0.1, 0.15) is 19.3 Å². The van der Waals surface area contributed by atoms with Crippen molar-refractivity contribution >= 4 is 30.3 Å². The van der Waals surface area contributed by atoms with Gasteiger partial charge in [0.15, 0.2) is 6.04 Å². The molecule has 2 aromatic carbocycles. The average molecular weight is 481 g/mol. The predicted octanol–water partition coefficient (Wildman–Crippen LogP) is 3.44. The summed E-state index contributed by atoms with van der Waals surface area (Å²) in [5.74, 6) is -0.433. The van der Waals surface area contributed by atoms with E-state index in [4.69, 9.17) is 14.2 Å². The maximum absolute atomic E-state index is 12.6. The molecule has 0 fully saturated rings. The lowest BCUT2D eigenvalue weighted by atomic mass is 10.1. The molecule has 2 amide bonds. The first-order chi connectivity index (χ1) is 17.0. The van der Waals surface area contributed by atoms with Crippen LogP contribution in [0, 0.1) is 0 Å². The number of amides is 2. The minimum atomic E-state index is -1.12. The number of para-hydroxylation sites is 2.